The molecule has 0 aromatic heterocycles. The summed E-state index contributed by atoms with van der Waals surface area (Å²) in [6.07, 6.45) is 0. The second-order valence-electron chi connectivity index (χ2n) is 8.41. The Morgan fingerprint density at radius 1 is 1.06 bits per heavy atom. The van der Waals surface area contributed by atoms with Gasteiger partial charge in [0.25, 0.3) is 11.8 Å². The second-order valence-corrected chi connectivity index (χ2v) is 9.68. The Hall–Kier alpha value is -2.45. The minimum Gasteiger partial charge on any atom is -0.484 e. The van der Waals surface area contributed by atoms with Crippen molar-refractivity contribution in [3.63, 3.8) is 0 Å². The van der Waals surface area contributed by atoms with E-state index in [9.17, 15) is 9.59 Å². The topological polar surface area (TPSA) is 79.5 Å². The van der Waals surface area contributed by atoms with Crippen LogP contribution in [0.15, 0.2) is 46.9 Å². The summed E-state index contributed by atoms with van der Waals surface area (Å²) in [4.78, 5) is 24.4. The van der Waals surface area contributed by atoms with E-state index in [0.29, 0.717) is 17.2 Å². The van der Waals surface area contributed by atoms with Crippen LogP contribution in [-0.2, 0) is 10.2 Å². The van der Waals surface area contributed by atoms with Gasteiger partial charge in [0.2, 0.25) is 0 Å². The maximum Gasteiger partial charge on any atom is 0.276 e. The Morgan fingerprint density at radius 3 is 2.26 bits per heavy atom. The van der Waals surface area contributed by atoms with E-state index in [1.165, 1.54) is 5.56 Å². The van der Waals surface area contributed by atoms with Gasteiger partial charge in [-0.05, 0) is 58.9 Å². The maximum atomic E-state index is 12.4. The van der Waals surface area contributed by atoms with Crippen LogP contribution in [0.4, 0.5) is 0 Å². The number of nitrogens with one attached hydrogen (secondary N) is 3. The van der Waals surface area contributed by atoms with Crippen molar-refractivity contribution in [2.75, 3.05) is 6.61 Å². The highest BCUT2D eigenvalue weighted by molar-refractivity contribution is 9.10. The number of halogens is 1. The van der Waals surface area contributed by atoms with Crippen LogP contribution in [-0.4, -0.2) is 23.5 Å². The van der Waals surface area contributed by atoms with Crippen LogP contribution in [0.3, 0.4) is 0 Å². The average Bonchev–Trinajstić information content (AvgIpc) is 2.69. The number of hydrogen-bond acceptors (Lipinski definition) is 4. The second kappa shape index (κ2) is 10.7. The molecule has 0 atom stereocenters. The fraction of sp³-hybridized carbons (Fsp3) is 0.348. The summed E-state index contributed by atoms with van der Waals surface area (Å²) in [6.45, 7) is 10.3. The summed E-state index contributed by atoms with van der Waals surface area (Å²) >= 11 is 8.59. The van der Waals surface area contributed by atoms with E-state index in [4.69, 9.17) is 17.0 Å². The van der Waals surface area contributed by atoms with E-state index in [-0.39, 0.29) is 23.0 Å². The Morgan fingerprint density at radius 2 is 1.71 bits per heavy atom. The van der Waals surface area contributed by atoms with Gasteiger partial charge in [-0.3, -0.25) is 25.8 Å². The van der Waals surface area contributed by atoms with Crippen molar-refractivity contribution in [1.82, 2.24) is 16.2 Å². The molecule has 2 aromatic rings. The lowest BCUT2D eigenvalue weighted by Crippen LogP contribution is -2.49. The molecular weight excluding hydrogens is 478 g/mol. The van der Waals surface area contributed by atoms with Crippen molar-refractivity contribution in [1.29, 1.82) is 0 Å². The molecule has 0 radical (unpaired) electrons. The quantitative estimate of drug-likeness (QED) is 0.409. The third-order valence-electron chi connectivity index (χ3n) is 4.50. The summed E-state index contributed by atoms with van der Waals surface area (Å²) in [5.74, 6) is 0.214. The molecule has 8 heteroatoms. The first kappa shape index (κ1) is 24.8. The third kappa shape index (κ3) is 7.63. The van der Waals surface area contributed by atoms with Gasteiger partial charge in [-0.25, -0.2) is 0 Å². The van der Waals surface area contributed by atoms with Crippen LogP contribution in [0.1, 0.15) is 62.0 Å². The normalized spacial score (nSPS) is 11.1. The molecule has 0 bridgehead atoms. The molecule has 2 amide bonds. The number of hydrogen-bond donors (Lipinski definition) is 3. The summed E-state index contributed by atoms with van der Waals surface area (Å²) in [5.41, 5.74) is 7.59. The van der Waals surface area contributed by atoms with E-state index < -0.39 is 5.91 Å². The van der Waals surface area contributed by atoms with E-state index >= 15 is 0 Å². The molecule has 0 saturated carbocycles. The van der Waals surface area contributed by atoms with Gasteiger partial charge >= 0.3 is 0 Å². The van der Waals surface area contributed by atoms with Gasteiger partial charge < -0.3 is 4.74 Å². The van der Waals surface area contributed by atoms with E-state index in [0.717, 1.165) is 10.0 Å². The fourth-order valence-electron chi connectivity index (χ4n) is 2.73. The molecule has 0 heterocycles. The number of carbonyl (C=O) groups excluding carboxylic acids is 2. The minimum absolute atomic E-state index is 0.0179. The lowest BCUT2D eigenvalue weighted by molar-refractivity contribution is -0.123. The van der Waals surface area contributed by atoms with Gasteiger partial charge in [0.15, 0.2) is 11.7 Å². The van der Waals surface area contributed by atoms with E-state index in [2.05, 4.69) is 66.7 Å². The smallest absolute Gasteiger partial charge is 0.276 e. The van der Waals surface area contributed by atoms with Crippen LogP contribution in [0, 0.1) is 0 Å². The zero-order valence-electron chi connectivity index (χ0n) is 18.3. The summed E-state index contributed by atoms with van der Waals surface area (Å²) < 4.78 is 6.29. The molecule has 0 unspecified atom stereocenters. The molecule has 2 rings (SSSR count). The van der Waals surface area contributed by atoms with Crippen molar-refractivity contribution in [3.05, 3.63) is 63.6 Å². The number of ether oxygens (including phenoxy) is 1. The lowest BCUT2D eigenvalue weighted by Gasteiger charge is -2.21. The molecule has 0 aliphatic rings. The molecule has 0 fully saturated rings. The lowest BCUT2D eigenvalue weighted by atomic mass is 9.86. The number of rotatable bonds is 5. The number of benzene rings is 2. The molecule has 31 heavy (non-hydrogen) atoms. The van der Waals surface area contributed by atoms with Crippen LogP contribution < -0.4 is 20.9 Å². The zero-order valence-corrected chi connectivity index (χ0v) is 20.7. The van der Waals surface area contributed by atoms with Crippen molar-refractivity contribution >= 4 is 45.1 Å². The van der Waals surface area contributed by atoms with E-state index in [1.54, 1.807) is 12.1 Å². The first-order chi connectivity index (χ1) is 14.5. The Labute approximate surface area is 197 Å². The maximum absolute atomic E-state index is 12.4. The SMILES string of the molecule is CC(C)c1ccc(OCC(=O)NNC(=S)NC(=O)c2ccc(C(C)(C)C)c(Br)c2)cc1. The Bertz CT molecular complexity index is 954. The molecule has 166 valence electrons. The van der Waals surface area contributed by atoms with Crippen molar-refractivity contribution in [2.24, 2.45) is 0 Å². The van der Waals surface area contributed by atoms with Crippen LogP contribution in [0.5, 0.6) is 5.75 Å². The molecule has 0 aliphatic heterocycles. The number of thiocarbonyl (C=S) groups is 1. The highest BCUT2D eigenvalue weighted by atomic mass is 79.9. The molecule has 3 N–H and O–H groups in total. The summed E-state index contributed by atoms with van der Waals surface area (Å²) in [5, 5.41) is 2.51. The van der Waals surface area contributed by atoms with Crippen molar-refractivity contribution < 1.29 is 14.3 Å². The van der Waals surface area contributed by atoms with Crippen molar-refractivity contribution in [2.45, 2.75) is 46.0 Å². The Balaban J connectivity index is 1.80. The molecule has 0 spiro atoms. The monoisotopic (exact) mass is 505 g/mol. The highest BCUT2D eigenvalue weighted by Crippen LogP contribution is 2.30. The molecule has 0 aliphatic carbocycles. The molecule has 0 saturated heterocycles. The fourth-order valence-corrected chi connectivity index (χ4v) is 3.85. The van der Waals surface area contributed by atoms with Crippen LogP contribution in [0.25, 0.3) is 0 Å². The number of carbonyl (C=O) groups is 2. The van der Waals surface area contributed by atoms with Gasteiger partial charge in [0.1, 0.15) is 5.75 Å². The molecular formula is C23H28BrN3O3S. The standard InChI is InChI=1S/C23H28BrN3O3S/c1-14(2)15-6-9-17(10-7-15)30-13-20(28)26-27-22(31)25-21(29)16-8-11-18(19(24)12-16)23(3,4)5/h6-12,14H,13H2,1-5H3,(H,26,28)(H2,25,27,29,31). The predicted molar refractivity (Wildman–Crippen MR) is 130 cm³/mol. The highest BCUT2D eigenvalue weighted by Gasteiger charge is 2.18. The van der Waals surface area contributed by atoms with Gasteiger partial charge in [0.05, 0.1) is 0 Å². The van der Waals surface area contributed by atoms with Gasteiger partial charge in [-0.2, -0.15) is 0 Å². The first-order valence-electron chi connectivity index (χ1n) is 9.90. The number of hydrazine groups is 1. The van der Waals surface area contributed by atoms with E-state index in [1.807, 2.05) is 30.3 Å². The number of amides is 2. The van der Waals surface area contributed by atoms with Crippen LogP contribution >= 0.6 is 28.1 Å². The predicted octanol–water partition coefficient (Wildman–Crippen LogP) is 4.58. The summed E-state index contributed by atoms with van der Waals surface area (Å²) in [7, 11) is 0. The van der Waals surface area contributed by atoms with Gasteiger partial charge in [-0.1, -0.05) is 68.7 Å². The molecule has 2 aromatic carbocycles. The van der Waals surface area contributed by atoms with Crippen LogP contribution in [0.2, 0.25) is 0 Å². The van der Waals surface area contributed by atoms with Gasteiger partial charge in [-0.15, -0.1) is 0 Å². The Kier molecular flexibility index (Phi) is 8.59. The van der Waals surface area contributed by atoms with Crippen molar-refractivity contribution in [3.8, 4) is 5.75 Å². The van der Waals surface area contributed by atoms with Gasteiger partial charge in [0, 0.05) is 10.0 Å². The first-order valence-corrected chi connectivity index (χ1v) is 11.1. The largest absolute Gasteiger partial charge is 0.484 e. The average molecular weight is 506 g/mol. The third-order valence-corrected chi connectivity index (χ3v) is 5.36. The minimum atomic E-state index is -0.429. The zero-order chi connectivity index (χ0) is 23.2. The molecule has 6 nitrogen and oxygen atoms in total. The summed E-state index contributed by atoms with van der Waals surface area (Å²) in [6, 6.07) is 13.0.